The zero-order valence-electron chi connectivity index (χ0n) is 17.2. The highest BCUT2D eigenvalue weighted by Crippen LogP contribution is 2.33. The smallest absolute Gasteiger partial charge is 0.344 e. The van der Waals surface area contributed by atoms with Gasteiger partial charge < -0.3 is 19.2 Å². The molecule has 4 rings (SSSR count). The van der Waals surface area contributed by atoms with E-state index in [4.69, 9.17) is 13.9 Å². The van der Waals surface area contributed by atoms with Gasteiger partial charge in [0.15, 0.2) is 13.2 Å². The van der Waals surface area contributed by atoms with Crippen molar-refractivity contribution in [1.29, 1.82) is 0 Å². The molecule has 0 saturated heterocycles. The maximum Gasteiger partial charge on any atom is 0.344 e. The quantitative estimate of drug-likeness (QED) is 0.609. The third-order valence-electron chi connectivity index (χ3n) is 5.30. The van der Waals surface area contributed by atoms with E-state index in [9.17, 15) is 9.59 Å². The van der Waals surface area contributed by atoms with Crippen LogP contribution >= 0.6 is 0 Å². The van der Waals surface area contributed by atoms with Gasteiger partial charge in [-0.25, -0.2) is 4.79 Å². The van der Waals surface area contributed by atoms with Crippen LogP contribution in [0.4, 0.5) is 5.69 Å². The number of fused-ring (bicyclic) bond motifs is 3. The Bertz CT molecular complexity index is 1100. The first-order valence-electron chi connectivity index (χ1n) is 10.2. The molecule has 30 heavy (non-hydrogen) atoms. The molecule has 0 saturated carbocycles. The molecule has 0 unspecified atom stereocenters. The van der Waals surface area contributed by atoms with E-state index in [0.29, 0.717) is 11.4 Å². The Morgan fingerprint density at radius 3 is 2.70 bits per heavy atom. The summed E-state index contributed by atoms with van der Waals surface area (Å²) in [5.74, 6) is 0.651. The summed E-state index contributed by atoms with van der Waals surface area (Å²) in [6, 6.07) is 11.3. The van der Waals surface area contributed by atoms with Crippen LogP contribution in [0.25, 0.3) is 11.0 Å². The van der Waals surface area contributed by atoms with Gasteiger partial charge in [0, 0.05) is 23.1 Å². The third kappa shape index (κ3) is 4.48. The van der Waals surface area contributed by atoms with Crippen molar-refractivity contribution < 1.29 is 23.5 Å². The van der Waals surface area contributed by atoms with E-state index in [1.54, 1.807) is 6.07 Å². The van der Waals surface area contributed by atoms with Crippen LogP contribution in [0.1, 0.15) is 35.3 Å². The number of benzene rings is 2. The molecule has 6 heteroatoms. The molecule has 0 aliphatic heterocycles. The first-order chi connectivity index (χ1) is 14.5. The second-order valence-electron chi connectivity index (χ2n) is 7.68. The molecule has 1 aliphatic rings. The molecule has 1 heterocycles. The lowest BCUT2D eigenvalue weighted by Gasteiger charge is -2.10. The maximum atomic E-state index is 12.0. The van der Waals surface area contributed by atoms with Crippen LogP contribution in [0.3, 0.4) is 0 Å². The highest BCUT2D eigenvalue weighted by Gasteiger charge is 2.18. The van der Waals surface area contributed by atoms with E-state index in [1.807, 2.05) is 44.2 Å². The molecule has 1 amide bonds. The summed E-state index contributed by atoms with van der Waals surface area (Å²) in [4.78, 5) is 24.0. The average Bonchev–Trinajstić information content (AvgIpc) is 3.11. The van der Waals surface area contributed by atoms with Gasteiger partial charge in [-0.3, -0.25) is 4.79 Å². The van der Waals surface area contributed by atoms with E-state index in [2.05, 4.69) is 5.32 Å². The summed E-state index contributed by atoms with van der Waals surface area (Å²) in [5.41, 5.74) is 4.86. The molecule has 3 aromatic rings. The normalized spacial score (nSPS) is 13.0. The van der Waals surface area contributed by atoms with E-state index >= 15 is 0 Å². The molecule has 1 aromatic heterocycles. The number of ether oxygens (including phenoxy) is 2. The summed E-state index contributed by atoms with van der Waals surface area (Å²) in [6.07, 6.45) is 4.28. The monoisotopic (exact) mass is 407 g/mol. The minimum atomic E-state index is -0.597. The third-order valence-corrected chi connectivity index (χ3v) is 5.30. The van der Waals surface area contributed by atoms with Crippen molar-refractivity contribution >= 4 is 28.5 Å². The van der Waals surface area contributed by atoms with Gasteiger partial charge in [-0.1, -0.05) is 17.7 Å². The lowest BCUT2D eigenvalue weighted by Crippen LogP contribution is -2.24. The van der Waals surface area contributed by atoms with Gasteiger partial charge in [0.25, 0.3) is 5.91 Å². The Kier molecular flexibility index (Phi) is 5.74. The first-order valence-corrected chi connectivity index (χ1v) is 10.2. The molecule has 1 N–H and O–H groups in total. The highest BCUT2D eigenvalue weighted by molar-refractivity contribution is 5.93. The van der Waals surface area contributed by atoms with Crippen molar-refractivity contribution in [1.82, 2.24) is 0 Å². The van der Waals surface area contributed by atoms with Gasteiger partial charge in [0.1, 0.15) is 17.1 Å². The largest absolute Gasteiger partial charge is 0.482 e. The van der Waals surface area contributed by atoms with Crippen LogP contribution in [0.2, 0.25) is 0 Å². The van der Waals surface area contributed by atoms with Gasteiger partial charge in [0.2, 0.25) is 0 Å². The summed E-state index contributed by atoms with van der Waals surface area (Å²) < 4.78 is 16.5. The Labute approximate surface area is 175 Å². The van der Waals surface area contributed by atoms with Gasteiger partial charge in [0.05, 0.1) is 0 Å². The van der Waals surface area contributed by atoms with Crippen molar-refractivity contribution in [2.75, 3.05) is 18.5 Å². The predicted octanol–water partition coefficient (Wildman–Crippen LogP) is 4.49. The van der Waals surface area contributed by atoms with Crippen LogP contribution in [-0.4, -0.2) is 25.1 Å². The number of rotatable bonds is 6. The van der Waals surface area contributed by atoms with E-state index in [0.717, 1.165) is 53.5 Å². The topological polar surface area (TPSA) is 77.8 Å². The Morgan fingerprint density at radius 1 is 1.03 bits per heavy atom. The Balaban J connectivity index is 1.29. The van der Waals surface area contributed by atoms with Crippen molar-refractivity contribution in [3.63, 3.8) is 0 Å². The number of hydrogen-bond donors (Lipinski definition) is 1. The lowest BCUT2D eigenvalue weighted by atomic mass is 9.96. The molecule has 0 bridgehead atoms. The SMILES string of the molecule is Cc1ccc(NC(=O)COC(=O)COc2ccc3oc4c(c3c2)CCCC4)c(C)c1. The summed E-state index contributed by atoms with van der Waals surface area (Å²) >= 11 is 0. The van der Waals surface area contributed by atoms with Crippen LogP contribution in [0.15, 0.2) is 40.8 Å². The fraction of sp³-hybridized carbons (Fsp3) is 0.333. The molecular weight excluding hydrogens is 382 g/mol. The first kappa shape index (κ1) is 20.0. The maximum absolute atomic E-state index is 12.0. The zero-order valence-corrected chi connectivity index (χ0v) is 17.2. The lowest BCUT2D eigenvalue weighted by molar-refractivity contribution is -0.149. The number of esters is 1. The summed E-state index contributed by atoms with van der Waals surface area (Å²) in [7, 11) is 0. The molecule has 0 fully saturated rings. The van der Waals surface area contributed by atoms with E-state index in [1.165, 1.54) is 5.56 Å². The van der Waals surface area contributed by atoms with Crippen molar-refractivity contribution in [2.24, 2.45) is 0 Å². The number of nitrogens with one attached hydrogen (secondary N) is 1. The van der Waals surface area contributed by atoms with Crippen LogP contribution in [-0.2, 0) is 27.2 Å². The van der Waals surface area contributed by atoms with Gasteiger partial charge >= 0.3 is 5.97 Å². The fourth-order valence-corrected chi connectivity index (χ4v) is 3.80. The summed E-state index contributed by atoms with van der Waals surface area (Å²) in [5, 5.41) is 3.79. The molecule has 2 aromatic carbocycles. The van der Waals surface area contributed by atoms with Crippen LogP contribution in [0, 0.1) is 13.8 Å². The molecule has 1 aliphatic carbocycles. The molecule has 6 nitrogen and oxygen atoms in total. The van der Waals surface area contributed by atoms with E-state index in [-0.39, 0.29) is 19.1 Å². The van der Waals surface area contributed by atoms with Gasteiger partial charge in [-0.05, 0) is 62.9 Å². The van der Waals surface area contributed by atoms with Crippen LogP contribution in [0.5, 0.6) is 5.75 Å². The van der Waals surface area contributed by atoms with Crippen molar-refractivity contribution in [3.8, 4) is 5.75 Å². The number of amides is 1. The predicted molar refractivity (Wildman–Crippen MR) is 114 cm³/mol. The molecule has 0 radical (unpaired) electrons. The van der Waals surface area contributed by atoms with Crippen molar-refractivity contribution in [2.45, 2.75) is 39.5 Å². The summed E-state index contributed by atoms with van der Waals surface area (Å²) in [6.45, 7) is 3.28. The average molecular weight is 407 g/mol. The molecular formula is C24H25NO5. The van der Waals surface area contributed by atoms with E-state index < -0.39 is 5.97 Å². The number of furan rings is 1. The number of anilines is 1. The Hall–Kier alpha value is -3.28. The molecule has 156 valence electrons. The second-order valence-corrected chi connectivity index (χ2v) is 7.68. The number of hydrogen-bond acceptors (Lipinski definition) is 5. The molecule has 0 atom stereocenters. The van der Waals surface area contributed by atoms with Gasteiger partial charge in [-0.15, -0.1) is 0 Å². The zero-order chi connectivity index (χ0) is 21.1. The standard InChI is InChI=1S/C24H25NO5/c1-15-7-9-20(16(2)11-15)25-23(26)13-29-24(27)14-28-17-8-10-22-19(12-17)18-5-3-4-6-21(18)30-22/h7-12H,3-6,13-14H2,1-2H3,(H,25,26). The number of carbonyl (C=O) groups is 2. The number of carbonyl (C=O) groups excluding carboxylic acids is 2. The fourth-order valence-electron chi connectivity index (χ4n) is 3.80. The second kappa shape index (κ2) is 8.61. The minimum absolute atomic E-state index is 0.262. The van der Waals surface area contributed by atoms with Gasteiger partial charge in [-0.2, -0.15) is 0 Å². The highest BCUT2D eigenvalue weighted by atomic mass is 16.6. The number of aryl methyl sites for hydroxylation is 4. The molecule has 0 spiro atoms. The van der Waals surface area contributed by atoms with Crippen molar-refractivity contribution in [3.05, 3.63) is 58.8 Å². The minimum Gasteiger partial charge on any atom is -0.482 e. The Morgan fingerprint density at radius 2 is 1.87 bits per heavy atom. The van der Waals surface area contributed by atoms with Crippen LogP contribution < -0.4 is 10.1 Å².